The van der Waals surface area contributed by atoms with Crippen LogP contribution in [-0.4, -0.2) is 29.5 Å². The summed E-state index contributed by atoms with van der Waals surface area (Å²) < 4.78 is 5.05. The van der Waals surface area contributed by atoms with E-state index in [0.717, 1.165) is 13.0 Å². The summed E-state index contributed by atoms with van der Waals surface area (Å²) in [7, 11) is 0. The van der Waals surface area contributed by atoms with Gasteiger partial charge in [-0.2, -0.15) is 0 Å². The third kappa shape index (κ3) is 8.50. The van der Waals surface area contributed by atoms with Gasteiger partial charge in [-0.05, 0) is 20.3 Å². The van der Waals surface area contributed by atoms with E-state index in [9.17, 15) is 0 Å². The van der Waals surface area contributed by atoms with Crippen molar-refractivity contribution in [1.82, 2.24) is 5.32 Å². The lowest BCUT2D eigenvalue weighted by molar-refractivity contribution is 0.182. The molecule has 1 heterocycles. The summed E-state index contributed by atoms with van der Waals surface area (Å²) >= 11 is 5.13. The highest BCUT2D eigenvalue weighted by molar-refractivity contribution is 6.19. The van der Waals surface area contributed by atoms with Gasteiger partial charge in [0.15, 0.2) is 0 Å². The number of halogens is 1. The zero-order chi connectivity index (χ0) is 10.3. The summed E-state index contributed by atoms with van der Waals surface area (Å²) in [4.78, 5) is 0. The predicted molar refractivity (Wildman–Crippen MR) is 54.8 cm³/mol. The molecule has 0 saturated carbocycles. The molecule has 1 unspecified atom stereocenters. The molecule has 0 aromatic rings. The van der Waals surface area contributed by atoms with Crippen molar-refractivity contribution in [3.8, 4) is 0 Å². The van der Waals surface area contributed by atoms with E-state index < -0.39 is 5.56 Å². The third-order valence-corrected chi connectivity index (χ3v) is 1.86. The van der Waals surface area contributed by atoms with Crippen LogP contribution >= 0.6 is 11.6 Å². The Labute approximate surface area is 85.4 Å². The van der Waals surface area contributed by atoms with Crippen molar-refractivity contribution >= 4 is 11.6 Å². The van der Waals surface area contributed by atoms with Crippen LogP contribution in [0.4, 0.5) is 0 Å². The summed E-state index contributed by atoms with van der Waals surface area (Å²) in [6.07, 6.45) is 1.65. The number of aliphatic hydroxyl groups is 1. The molecule has 0 radical (unpaired) electrons. The Morgan fingerprint density at radius 1 is 1.62 bits per heavy atom. The number of rotatable bonds is 2. The Morgan fingerprint density at radius 3 is 2.31 bits per heavy atom. The number of alkyl halides is 1. The number of ether oxygens (including phenoxy) is 1. The highest BCUT2D eigenvalue weighted by Crippen LogP contribution is 2.06. The zero-order valence-electron chi connectivity index (χ0n) is 8.64. The second-order valence-corrected chi connectivity index (χ2v) is 4.28. The van der Waals surface area contributed by atoms with Crippen LogP contribution in [0.2, 0.25) is 0 Å². The summed E-state index contributed by atoms with van der Waals surface area (Å²) in [6.45, 7) is 7.78. The molecule has 0 bridgehead atoms. The van der Waals surface area contributed by atoms with Crippen molar-refractivity contribution in [1.29, 1.82) is 0 Å². The third-order valence-electron chi connectivity index (χ3n) is 1.64. The molecule has 4 heteroatoms. The zero-order valence-corrected chi connectivity index (χ0v) is 9.40. The van der Waals surface area contributed by atoms with E-state index in [1.165, 1.54) is 0 Å². The largest absolute Gasteiger partial charge is 0.378 e. The van der Waals surface area contributed by atoms with Crippen LogP contribution in [0.25, 0.3) is 0 Å². The maximum absolute atomic E-state index is 8.32. The Morgan fingerprint density at radius 2 is 2.23 bits per heavy atom. The molecule has 1 fully saturated rings. The number of hydrogen-bond acceptors (Lipinski definition) is 3. The molecule has 1 aliphatic heterocycles. The summed E-state index contributed by atoms with van der Waals surface area (Å²) in [5.41, 5.74) is -0.407. The molecule has 80 valence electrons. The Hall–Kier alpha value is 0.170. The minimum absolute atomic E-state index is 0.222. The second kappa shape index (κ2) is 6.60. The fraction of sp³-hybridized carbons (Fsp3) is 1.00. The highest BCUT2D eigenvalue weighted by atomic mass is 35.5. The monoisotopic (exact) mass is 209 g/mol. The molecule has 2 N–H and O–H groups in total. The smallest absolute Gasteiger partial charge is 0.128 e. The molecular formula is C9H20ClNO2. The minimum atomic E-state index is -0.630. The van der Waals surface area contributed by atoms with Gasteiger partial charge in [-0.3, -0.25) is 5.32 Å². The van der Waals surface area contributed by atoms with Gasteiger partial charge in [-0.1, -0.05) is 24.9 Å². The van der Waals surface area contributed by atoms with Crippen LogP contribution in [0, 0.1) is 0 Å². The minimum Gasteiger partial charge on any atom is -0.378 e. The number of hydrogen-bond donors (Lipinski definition) is 2. The first kappa shape index (κ1) is 13.2. The Balaban J connectivity index is 0.000000226. The summed E-state index contributed by atoms with van der Waals surface area (Å²) in [5, 5.41) is 11.5. The highest BCUT2D eigenvalue weighted by Gasteiger charge is 2.21. The predicted octanol–water partition coefficient (Wildman–Crippen LogP) is 1.69. The van der Waals surface area contributed by atoms with E-state index in [4.69, 9.17) is 21.4 Å². The van der Waals surface area contributed by atoms with Crippen molar-refractivity contribution < 1.29 is 9.84 Å². The first-order valence-corrected chi connectivity index (χ1v) is 5.06. The Kier molecular flexibility index (Phi) is 6.68. The van der Waals surface area contributed by atoms with Crippen LogP contribution in [0.5, 0.6) is 0 Å². The van der Waals surface area contributed by atoms with E-state index in [2.05, 4.69) is 19.2 Å². The van der Waals surface area contributed by atoms with Crippen LogP contribution < -0.4 is 5.32 Å². The average Bonchev–Trinajstić information content (AvgIpc) is 2.35. The molecule has 1 aliphatic rings. The molecule has 1 rings (SSSR count). The van der Waals surface area contributed by atoms with Crippen LogP contribution in [0.3, 0.4) is 0 Å². The van der Waals surface area contributed by atoms with Crippen molar-refractivity contribution in [2.75, 3.05) is 13.3 Å². The lowest BCUT2D eigenvalue weighted by atomic mass is 10.1. The molecule has 1 atom stereocenters. The van der Waals surface area contributed by atoms with Gasteiger partial charge >= 0.3 is 0 Å². The van der Waals surface area contributed by atoms with Gasteiger partial charge in [0.1, 0.15) is 5.56 Å². The van der Waals surface area contributed by atoms with Gasteiger partial charge in [0.2, 0.25) is 0 Å². The van der Waals surface area contributed by atoms with E-state index in [1.54, 1.807) is 0 Å². The first-order chi connectivity index (χ1) is 5.98. The quantitative estimate of drug-likeness (QED) is 0.681. The fourth-order valence-corrected chi connectivity index (χ4v) is 1.06. The van der Waals surface area contributed by atoms with Crippen LogP contribution in [0.1, 0.15) is 33.6 Å². The lowest BCUT2D eigenvalue weighted by Gasteiger charge is -2.12. The number of aliphatic hydroxyl groups excluding tert-OH is 1. The van der Waals surface area contributed by atoms with Gasteiger partial charge in [-0.15, -0.1) is 0 Å². The molecule has 0 aliphatic carbocycles. The molecule has 13 heavy (non-hydrogen) atoms. The molecule has 0 spiro atoms. The topological polar surface area (TPSA) is 41.5 Å². The van der Waals surface area contributed by atoms with Crippen molar-refractivity contribution in [2.45, 2.75) is 44.7 Å². The maximum Gasteiger partial charge on any atom is 0.128 e. The summed E-state index contributed by atoms with van der Waals surface area (Å²) in [6, 6.07) is 0. The van der Waals surface area contributed by atoms with Gasteiger partial charge in [0.05, 0.1) is 13.3 Å². The number of nitrogens with one attached hydrogen (secondary N) is 1. The van der Waals surface area contributed by atoms with Gasteiger partial charge in [0, 0.05) is 5.54 Å². The van der Waals surface area contributed by atoms with Crippen LogP contribution in [-0.2, 0) is 4.74 Å². The normalized spacial score (nSPS) is 21.9. The molecule has 3 nitrogen and oxygen atoms in total. The molecular weight excluding hydrogens is 190 g/mol. The molecule has 0 aromatic heterocycles. The van der Waals surface area contributed by atoms with E-state index in [0.29, 0.717) is 13.2 Å². The van der Waals surface area contributed by atoms with Crippen molar-refractivity contribution in [2.24, 2.45) is 0 Å². The first-order valence-electron chi connectivity index (χ1n) is 4.63. The van der Waals surface area contributed by atoms with Gasteiger partial charge in [-0.25, -0.2) is 0 Å². The fourth-order valence-electron chi connectivity index (χ4n) is 0.842. The standard InChI is InChI=1S/C5H11NO.C4H9ClO/c1-5(2)3-7-4-6-5;1-2-3-4(5)6/h6H,3-4H2,1-2H3;4,6H,2-3H2,1H3. The van der Waals surface area contributed by atoms with E-state index in [1.807, 2.05) is 6.92 Å². The average molecular weight is 210 g/mol. The van der Waals surface area contributed by atoms with Crippen LogP contribution in [0.15, 0.2) is 0 Å². The molecule has 0 amide bonds. The van der Waals surface area contributed by atoms with Crippen molar-refractivity contribution in [3.05, 3.63) is 0 Å². The molecule has 0 aromatic carbocycles. The second-order valence-electron chi connectivity index (χ2n) is 3.78. The SMILES string of the molecule is CC1(C)COCN1.CCCC(O)Cl. The maximum atomic E-state index is 8.32. The lowest BCUT2D eigenvalue weighted by Crippen LogP contribution is -2.34. The van der Waals surface area contributed by atoms with Gasteiger partial charge < -0.3 is 9.84 Å². The van der Waals surface area contributed by atoms with Crippen molar-refractivity contribution in [3.63, 3.8) is 0 Å². The molecule has 1 saturated heterocycles. The Bertz CT molecular complexity index is 121. The summed E-state index contributed by atoms with van der Waals surface area (Å²) in [5.74, 6) is 0. The van der Waals surface area contributed by atoms with Gasteiger partial charge in [0.25, 0.3) is 0 Å². The van der Waals surface area contributed by atoms with E-state index in [-0.39, 0.29) is 5.54 Å². The van der Waals surface area contributed by atoms with E-state index >= 15 is 0 Å².